The number of nitrogens with one attached hydrogen (secondary N) is 2. The average molecular weight is 450 g/mol. The molecule has 1 heterocycles. The number of hydrogen-bond donors (Lipinski definition) is 2. The molecule has 1 aliphatic heterocycles. The molecule has 1 saturated heterocycles. The van der Waals surface area contributed by atoms with Crippen molar-refractivity contribution >= 4 is 44.8 Å². The van der Waals surface area contributed by atoms with E-state index in [2.05, 4.69) is 10.6 Å². The number of carbonyl (C=O) groups is 2. The number of rotatable bonds is 6. The molecular formula is C21H24ClN3O4S. The Morgan fingerprint density at radius 3 is 2.23 bits per heavy atom. The summed E-state index contributed by atoms with van der Waals surface area (Å²) in [5.74, 6) is -0.691. The molecule has 0 saturated carbocycles. The van der Waals surface area contributed by atoms with Crippen LogP contribution < -0.4 is 10.6 Å². The normalized spacial score (nSPS) is 15.5. The van der Waals surface area contributed by atoms with Crippen molar-refractivity contribution in [1.29, 1.82) is 0 Å². The minimum Gasteiger partial charge on any atom is -0.326 e. The van der Waals surface area contributed by atoms with Gasteiger partial charge < -0.3 is 10.6 Å². The summed E-state index contributed by atoms with van der Waals surface area (Å²) in [6, 6.07) is 13.7. The minimum atomic E-state index is -3.46. The van der Waals surface area contributed by atoms with Crippen molar-refractivity contribution in [1.82, 2.24) is 4.31 Å². The molecule has 0 spiro atoms. The van der Waals surface area contributed by atoms with Gasteiger partial charge in [0.2, 0.25) is 21.8 Å². The fourth-order valence-electron chi connectivity index (χ4n) is 3.40. The van der Waals surface area contributed by atoms with E-state index in [9.17, 15) is 18.0 Å². The first-order valence-corrected chi connectivity index (χ1v) is 11.6. The fraction of sp³-hybridized carbons (Fsp3) is 0.333. The zero-order valence-corrected chi connectivity index (χ0v) is 18.2. The summed E-state index contributed by atoms with van der Waals surface area (Å²) in [4.78, 5) is 23.8. The largest absolute Gasteiger partial charge is 0.326 e. The highest BCUT2D eigenvalue weighted by molar-refractivity contribution is 7.88. The Labute approximate surface area is 181 Å². The summed E-state index contributed by atoms with van der Waals surface area (Å²) in [6.45, 7) is 2.03. The number of amides is 2. The minimum absolute atomic E-state index is 0.0863. The van der Waals surface area contributed by atoms with Crippen LogP contribution in [0.2, 0.25) is 5.02 Å². The third-order valence-electron chi connectivity index (χ3n) is 4.93. The van der Waals surface area contributed by atoms with Crippen molar-refractivity contribution < 1.29 is 18.0 Å². The smallest absolute Gasteiger partial charge is 0.227 e. The fourth-order valence-corrected chi connectivity index (χ4v) is 5.09. The van der Waals surface area contributed by atoms with Gasteiger partial charge in [-0.05, 0) is 48.7 Å². The van der Waals surface area contributed by atoms with Gasteiger partial charge in [-0.1, -0.05) is 29.8 Å². The van der Waals surface area contributed by atoms with Crippen LogP contribution >= 0.6 is 11.6 Å². The summed E-state index contributed by atoms with van der Waals surface area (Å²) in [7, 11) is -3.46. The number of piperidine rings is 1. The van der Waals surface area contributed by atoms with Crippen molar-refractivity contribution in [2.75, 3.05) is 23.7 Å². The van der Waals surface area contributed by atoms with E-state index in [1.165, 1.54) is 11.2 Å². The molecule has 9 heteroatoms. The molecule has 2 aromatic carbocycles. The molecular weight excluding hydrogens is 426 g/mol. The molecule has 0 radical (unpaired) electrons. The molecule has 1 fully saturated rings. The highest BCUT2D eigenvalue weighted by Crippen LogP contribution is 2.24. The van der Waals surface area contributed by atoms with Gasteiger partial charge in [0, 0.05) is 42.3 Å². The van der Waals surface area contributed by atoms with Crippen LogP contribution in [0, 0.1) is 5.92 Å². The van der Waals surface area contributed by atoms with Gasteiger partial charge in [0.25, 0.3) is 0 Å². The van der Waals surface area contributed by atoms with Gasteiger partial charge in [-0.25, -0.2) is 12.7 Å². The summed E-state index contributed by atoms with van der Waals surface area (Å²) < 4.78 is 26.8. The van der Waals surface area contributed by atoms with Crippen molar-refractivity contribution in [3.63, 3.8) is 0 Å². The molecule has 1 aliphatic rings. The summed E-state index contributed by atoms with van der Waals surface area (Å²) in [5, 5.41) is 6.09. The zero-order valence-electron chi connectivity index (χ0n) is 16.6. The van der Waals surface area contributed by atoms with Gasteiger partial charge in [-0.2, -0.15) is 0 Å². The number of sulfonamides is 1. The maximum Gasteiger partial charge on any atom is 0.227 e. The first-order valence-electron chi connectivity index (χ1n) is 9.64. The number of anilines is 2. The molecule has 0 bridgehead atoms. The van der Waals surface area contributed by atoms with Crippen molar-refractivity contribution in [3.05, 3.63) is 59.1 Å². The van der Waals surface area contributed by atoms with Gasteiger partial charge in [0.05, 0.1) is 5.75 Å². The summed E-state index contributed by atoms with van der Waals surface area (Å²) in [5.41, 5.74) is 1.87. The predicted octanol–water partition coefficient (Wildman–Crippen LogP) is 3.48. The molecule has 0 atom stereocenters. The predicted molar refractivity (Wildman–Crippen MR) is 118 cm³/mol. The van der Waals surface area contributed by atoms with Gasteiger partial charge in [-0.3, -0.25) is 9.59 Å². The molecule has 7 nitrogen and oxygen atoms in total. The van der Waals surface area contributed by atoms with E-state index in [4.69, 9.17) is 11.6 Å². The lowest BCUT2D eigenvalue weighted by Gasteiger charge is -2.30. The molecule has 0 aliphatic carbocycles. The van der Waals surface area contributed by atoms with Gasteiger partial charge in [0.15, 0.2) is 0 Å². The second-order valence-corrected chi connectivity index (χ2v) is 9.71. The molecule has 2 N–H and O–H groups in total. The van der Waals surface area contributed by atoms with Crippen molar-refractivity contribution in [3.8, 4) is 0 Å². The first kappa shape index (κ1) is 22.3. The number of hydrogen-bond acceptors (Lipinski definition) is 4. The van der Waals surface area contributed by atoms with E-state index in [0.29, 0.717) is 47.9 Å². The molecule has 30 heavy (non-hydrogen) atoms. The van der Waals surface area contributed by atoms with Crippen LogP contribution in [0.5, 0.6) is 0 Å². The Morgan fingerprint density at radius 1 is 1.03 bits per heavy atom. The molecule has 160 valence electrons. The SMILES string of the molecule is CC(=O)Nc1cccc(NC(=O)C2CCN(S(=O)(=O)Cc3ccc(Cl)cc3)CC2)c1. The Hall–Kier alpha value is -2.42. The topological polar surface area (TPSA) is 95.6 Å². The number of benzene rings is 2. The van der Waals surface area contributed by atoms with E-state index in [1.807, 2.05) is 0 Å². The van der Waals surface area contributed by atoms with Crippen LogP contribution in [0.4, 0.5) is 11.4 Å². The molecule has 2 amide bonds. The Kier molecular flexibility index (Phi) is 7.12. The lowest BCUT2D eigenvalue weighted by atomic mass is 9.97. The van der Waals surface area contributed by atoms with Crippen LogP contribution in [0.25, 0.3) is 0 Å². The maximum absolute atomic E-state index is 12.7. The van der Waals surface area contributed by atoms with E-state index in [-0.39, 0.29) is 23.5 Å². The van der Waals surface area contributed by atoms with Crippen LogP contribution in [0.15, 0.2) is 48.5 Å². The highest BCUT2D eigenvalue weighted by atomic mass is 35.5. The number of halogens is 1. The molecule has 0 unspecified atom stereocenters. The Morgan fingerprint density at radius 2 is 1.63 bits per heavy atom. The van der Waals surface area contributed by atoms with Crippen LogP contribution in [-0.2, 0) is 25.4 Å². The maximum atomic E-state index is 12.7. The van der Waals surface area contributed by atoms with Crippen LogP contribution in [0.3, 0.4) is 0 Å². The van der Waals surface area contributed by atoms with E-state index in [0.717, 1.165) is 0 Å². The highest BCUT2D eigenvalue weighted by Gasteiger charge is 2.31. The van der Waals surface area contributed by atoms with E-state index in [1.54, 1.807) is 48.5 Å². The quantitative estimate of drug-likeness (QED) is 0.705. The van der Waals surface area contributed by atoms with Gasteiger partial charge in [0.1, 0.15) is 0 Å². The van der Waals surface area contributed by atoms with Gasteiger partial charge in [-0.15, -0.1) is 0 Å². The Bertz CT molecular complexity index is 1020. The third kappa shape index (κ3) is 6.04. The molecule has 0 aromatic heterocycles. The van der Waals surface area contributed by atoms with Gasteiger partial charge >= 0.3 is 0 Å². The summed E-state index contributed by atoms with van der Waals surface area (Å²) in [6.07, 6.45) is 0.911. The number of nitrogens with zero attached hydrogens (tertiary/aromatic N) is 1. The lowest BCUT2D eigenvalue weighted by molar-refractivity contribution is -0.121. The average Bonchev–Trinajstić information content (AvgIpc) is 2.69. The zero-order chi connectivity index (χ0) is 21.7. The second-order valence-electron chi connectivity index (χ2n) is 7.31. The monoisotopic (exact) mass is 449 g/mol. The standard InChI is InChI=1S/C21H24ClN3O4S/c1-15(26)23-19-3-2-4-20(13-19)24-21(27)17-9-11-25(12-10-17)30(28,29)14-16-5-7-18(22)8-6-16/h2-8,13,17H,9-12,14H2,1H3,(H,23,26)(H,24,27). The van der Waals surface area contributed by atoms with E-state index >= 15 is 0 Å². The molecule has 3 rings (SSSR count). The van der Waals surface area contributed by atoms with Crippen molar-refractivity contribution in [2.24, 2.45) is 5.92 Å². The third-order valence-corrected chi connectivity index (χ3v) is 7.03. The Balaban J connectivity index is 1.55. The number of carbonyl (C=O) groups excluding carboxylic acids is 2. The van der Waals surface area contributed by atoms with E-state index < -0.39 is 10.0 Å². The summed E-state index contributed by atoms with van der Waals surface area (Å²) >= 11 is 5.85. The second kappa shape index (κ2) is 9.59. The van der Waals surface area contributed by atoms with Crippen molar-refractivity contribution in [2.45, 2.75) is 25.5 Å². The first-order chi connectivity index (χ1) is 14.2. The lowest BCUT2D eigenvalue weighted by Crippen LogP contribution is -2.41. The van der Waals surface area contributed by atoms with Crippen LogP contribution in [0.1, 0.15) is 25.3 Å². The van der Waals surface area contributed by atoms with Crippen LogP contribution in [-0.4, -0.2) is 37.6 Å². The molecule has 2 aromatic rings.